The van der Waals surface area contributed by atoms with Crippen molar-refractivity contribution in [2.24, 2.45) is 0 Å². The molecule has 0 radical (unpaired) electrons. The molecule has 8 heteroatoms. The van der Waals surface area contributed by atoms with Gasteiger partial charge in [-0.05, 0) is 0 Å². The molecule has 0 aliphatic heterocycles. The molecule has 48 valence electrons. The molecule has 0 aliphatic rings. The topological polar surface area (TPSA) is 89.5 Å². The van der Waals surface area contributed by atoms with Crippen LogP contribution >= 0.6 is 7.82 Å². The summed E-state index contributed by atoms with van der Waals surface area (Å²) >= 11 is 0. The van der Waals surface area contributed by atoms with E-state index in [9.17, 15) is 19.1 Å². The molecule has 0 unspecified atom stereocenters. The van der Waals surface area contributed by atoms with Crippen LogP contribution in [0.25, 0.3) is 0 Å². The molecule has 0 aliphatic carbocycles. The number of phosphoric acid groups is 1. The molecule has 0 aromatic rings. The maximum absolute atomic E-state index is 9.66. The Hall–Kier alpha value is 1.62. The van der Waals surface area contributed by atoms with E-state index < -0.39 is 13.8 Å². The van der Waals surface area contributed by atoms with Crippen LogP contribution in [0.15, 0.2) is 0 Å². The van der Waals surface area contributed by atoms with Gasteiger partial charge in [-0.3, -0.25) is 4.79 Å². The Morgan fingerprint density at radius 2 is 1.70 bits per heavy atom. The van der Waals surface area contributed by atoms with Gasteiger partial charge >= 0.3 is 65.1 Å². The van der Waals surface area contributed by atoms with Crippen molar-refractivity contribution in [3.8, 4) is 0 Å². The maximum atomic E-state index is 9.66. The fraction of sp³-hybridized carbons (Fsp3) is 0.500. The van der Waals surface area contributed by atoms with Gasteiger partial charge in [-0.2, -0.15) is 0 Å². The molecule has 0 aromatic heterocycles. The van der Waals surface area contributed by atoms with E-state index in [1.165, 1.54) is 0 Å². The second-order valence-electron chi connectivity index (χ2n) is 1.03. The molecule has 0 saturated carbocycles. The average molecular weight is 184 g/mol. The zero-order valence-corrected chi connectivity index (χ0v) is 10.9. The Morgan fingerprint density at radius 3 is 1.70 bits per heavy atom. The van der Waals surface area contributed by atoms with Crippen molar-refractivity contribution < 1.29 is 82.8 Å². The Morgan fingerprint density at radius 1 is 1.40 bits per heavy atom. The van der Waals surface area contributed by atoms with Gasteiger partial charge in [-0.1, -0.05) is 0 Å². The zero-order valence-electron chi connectivity index (χ0n) is 5.99. The summed E-state index contributed by atoms with van der Waals surface area (Å²) in [5, 5.41) is 0. The van der Waals surface area contributed by atoms with Crippen molar-refractivity contribution in [2.45, 2.75) is 6.92 Å². The molecule has 0 N–H and O–H groups in total. The van der Waals surface area contributed by atoms with Gasteiger partial charge in [-0.25, -0.2) is 0 Å². The summed E-state index contributed by atoms with van der Waals surface area (Å²) < 4.78 is 12.7. The minimum absolute atomic E-state index is 0. The number of rotatable bonds is 1. The van der Waals surface area contributed by atoms with Crippen LogP contribution in [0.1, 0.15) is 6.92 Å². The Labute approximate surface area is 102 Å². The molecular weight excluding hydrogens is 181 g/mol. The van der Waals surface area contributed by atoms with Crippen molar-refractivity contribution in [2.75, 3.05) is 0 Å². The quantitative estimate of drug-likeness (QED) is 0.298. The number of carbonyl (C=O) groups excluding carboxylic acids is 1. The first-order chi connectivity index (χ1) is 3.42. The molecule has 0 saturated heterocycles. The number of carbonyl (C=O) groups is 1. The second-order valence-corrected chi connectivity index (χ2v) is 2.11. The van der Waals surface area contributed by atoms with Crippen LogP contribution < -0.4 is 68.9 Å². The van der Waals surface area contributed by atoms with E-state index in [0.29, 0.717) is 0 Å². The molecule has 0 fully saturated rings. The summed E-state index contributed by atoms with van der Waals surface area (Å²) in [6.45, 7) is 0.836. The van der Waals surface area contributed by atoms with Crippen molar-refractivity contribution in [3.05, 3.63) is 0 Å². The number of hydrogen-bond acceptors (Lipinski definition) is 5. The van der Waals surface area contributed by atoms with Gasteiger partial charge in [-0.15, -0.1) is 0 Å². The molecule has 0 aromatic carbocycles. The van der Waals surface area contributed by atoms with Crippen LogP contribution in [0.5, 0.6) is 0 Å². The molecule has 0 heterocycles. The summed E-state index contributed by atoms with van der Waals surface area (Å²) in [5.41, 5.74) is 0. The summed E-state index contributed by atoms with van der Waals surface area (Å²) in [6, 6.07) is 0. The van der Waals surface area contributed by atoms with E-state index in [1.807, 2.05) is 0 Å². The van der Waals surface area contributed by atoms with Crippen LogP contribution in [0.4, 0.5) is 0 Å². The van der Waals surface area contributed by atoms with Gasteiger partial charge in [0.2, 0.25) is 0 Å². The van der Waals surface area contributed by atoms with Crippen molar-refractivity contribution in [1.82, 2.24) is 0 Å². The van der Waals surface area contributed by atoms with Crippen molar-refractivity contribution in [3.63, 3.8) is 0 Å². The van der Waals surface area contributed by atoms with Gasteiger partial charge in [0.25, 0.3) is 0 Å². The predicted octanol–water partition coefficient (Wildman–Crippen LogP) is -7.61. The van der Waals surface area contributed by atoms with E-state index in [0.717, 1.165) is 6.92 Å². The molecule has 10 heavy (non-hydrogen) atoms. The van der Waals surface area contributed by atoms with Crippen LogP contribution in [0, 0.1) is 0 Å². The summed E-state index contributed by atoms with van der Waals surface area (Å²) in [6.07, 6.45) is 0. The minimum atomic E-state index is -5.07. The first-order valence-corrected chi connectivity index (χ1v) is 3.10. The van der Waals surface area contributed by atoms with Crippen LogP contribution in [-0.4, -0.2) is 5.97 Å². The zero-order chi connectivity index (χ0) is 6.78. The van der Waals surface area contributed by atoms with E-state index in [4.69, 9.17) is 0 Å². The number of phosphoric ester groups is 1. The Balaban J connectivity index is -0.000000245. The first kappa shape index (κ1) is 17.6. The van der Waals surface area contributed by atoms with E-state index in [2.05, 4.69) is 4.52 Å². The normalized spacial score (nSPS) is 8.70. The van der Waals surface area contributed by atoms with Gasteiger partial charge in [0.05, 0.1) is 0 Å². The average Bonchev–Trinajstić information content (AvgIpc) is 1.21. The summed E-state index contributed by atoms with van der Waals surface area (Å²) in [4.78, 5) is 28.6. The Kier molecular flexibility index (Phi) is 12.8. The SMILES string of the molecule is CC(=O)OP(=O)([O-])[O-].[Na+].[Na+]. The monoisotopic (exact) mass is 184 g/mol. The molecule has 0 atom stereocenters. The maximum Gasteiger partial charge on any atom is 1.00 e. The van der Waals surface area contributed by atoms with Crippen LogP contribution in [0.2, 0.25) is 0 Å². The fourth-order valence-electron chi connectivity index (χ4n) is 0.157. The fourth-order valence-corrected chi connectivity index (χ4v) is 0.472. The van der Waals surface area contributed by atoms with Gasteiger partial charge in [0.15, 0.2) is 0 Å². The standard InChI is InChI=1S/C2H5O5P.2Na/c1-2(3)7-8(4,5)6;;/h1H3,(H2,4,5,6);;/q;2*+1/p-2. The third-order valence-electron chi connectivity index (χ3n) is 0.240. The largest absolute Gasteiger partial charge is 1.00 e. The van der Waals surface area contributed by atoms with E-state index in [1.54, 1.807) is 0 Å². The van der Waals surface area contributed by atoms with Crippen molar-refractivity contribution >= 4 is 13.8 Å². The third-order valence-corrected chi connectivity index (χ3v) is 0.721. The molecule has 5 nitrogen and oxygen atoms in total. The molecular formula is C2H3Na2O5P. The van der Waals surface area contributed by atoms with E-state index >= 15 is 0 Å². The Bertz CT molecular complexity index is 141. The number of hydrogen-bond donors (Lipinski definition) is 0. The first-order valence-electron chi connectivity index (χ1n) is 1.64. The van der Waals surface area contributed by atoms with Gasteiger partial charge < -0.3 is 18.9 Å². The smallest absolute Gasteiger partial charge is 0.780 e. The van der Waals surface area contributed by atoms with E-state index in [-0.39, 0.29) is 59.1 Å². The van der Waals surface area contributed by atoms with Crippen LogP contribution in [-0.2, 0) is 13.9 Å². The summed E-state index contributed by atoms with van der Waals surface area (Å²) in [7, 11) is -5.07. The van der Waals surface area contributed by atoms with Gasteiger partial charge in [0, 0.05) is 6.92 Å². The minimum Gasteiger partial charge on any atom is -0.780 e. The molecule has 0 spiro atoms. The summed E-state index contributed by atoms with van der Waals surface area (Å²) in [5.74, 6) is -1.11. The molecule has 0 bridgehead atoms. The molecule has 0 amide bonds. The predicted molar refractivity (Wildman–Crippen MR) is 19.4 cm³/mol. The molecule has 0 rings (SSSR count). The van der Waals surface area contributed by atoms with Gasteiger partial charge in [0.1, 0.15) is 7.82 Å². The van der Waals surface area contributed by atoms with Crippen LogP contribution in [0.3, 0.4) is 0 Å². The van der Waals surface area contributed by atoms with Crippen molar-refractivity contribution in [1.29, 1.82) is 0 Å². The third kappa shape index (κ3) is 16.3. The second kappa shape index (κ2) is 7.28.